The molecule has 7 heteroatoms. The van der Waals surface area contributed by atoms with E-state index in [0.717, 1.165) is 27.3 Å². The molecule has 0 aliphatic carbocycles. The molecule has 0 atom stereocenters. The molecule has 3 aromatic carbocycles. The SMILES string of the molecule is O=C(CSc1nc2ccccc2n1Cc1ccc(Cl)cc1)N/N=C\c1ccccc1. The molecule has 0 aliphatic rings. The third kappa shape index (κ3) is 5.09. The van der Waals surface area contributed by atoms with Crippen molar-refractivity contribution in [2.45, 2.75) is 11.7 Å². The van der Waals surface area contributed by atoms with Gasteiger partial charge in [0.15, 0.2) is 5.16 Å². The summed E-state index contributed by atoms with van der Waals surface area (Å²) in [6.45, 7) is 0.647. The van der Waals surface area contributed by atoms with Crippen LogP contribution in [0.4, 0.5) is 0 Å². The molecule has 1 amide bonds. The number of hydrogen-bond donors (Lipinski definition) is 1. The quantitative estimate of drug-likeness (QED) is 0.253. The number of thioether (sulfide) groups is 1. The predicted octanol–water partition coefficient (Wildman–Crippen LogP) is 4.98. The van der Waals surface area contributed by atoms with Crippen LogP contribution in [-0.4, -0.2) is 27.4 Å². The Morgan fingerprint density at radius 1 is 1.03 bits per heavy atom. The molecule has 0 aliphatic heterocycles. The van der Waals surface area contributed by atoms with E-state index in [-0.39, 0.29) is 11.7 Å². The first kappa shape index (κ1) is 20.2. The average Bonchev–Trinajstić information content (AvgIpc) is 3.12. The van der Waals surface area contributed by atoms with Crippen molar-refractivity contribution in [1.82, 2.24) is 15.0 Å². The molecule has 1 aromatic heterocycles. The Morgan fingerprint density at radius 2 is 1.77 bits per heavy atom. The average molecular weight is 435 g/mol. The lowest BCUT2D eigenvalue weighted by Crippen LogP contribution is -2.20. The van der Waals surface area contributed by atoms with Crippen LogP contribution in [0.15, 0.2) is 89.1 Å². The van der Waals surface area contributed by atoms with Crippen LogP contribution in [0.3, 0.4) is 0 Å². The Balaban J connectivity index is 1.46. The van der Waals surface area contributed by atoms with Gasteiger partial charge in [0.2, 0.25) is 0 Å². The van der Waals surface area contributed by atoms with Gasteiger partial charge in [0.25, 0.3) is 5.91 Å². The molecule has 0 fully saturated rings. The Morgan fingerprint density at radius 3 is 2.57 bits per heavy atom. The fraction of sp³-hybridized carbons (Fsp3) is 0.0870. The molecular weight excluding hydrogens is 416 g/mol. The number of carbonyl (C=O) groups excluding carboxylic acids is 1. The van der Waals surface area contributed by atoms with Crippen molar-refractivity contribution in [3.63, 3.8) is 0 Å². The summed E-state index contributed by atoms with van der Waals surface area (Å²) in [5.74, 6) is 0.0352. The Labute approximate surface area is 183 Å². The van der Waals surface area contributed by atoms with Gasteiger partial charge in [-0.15, -0.1) is 0 Å². The summed E-state index contributed by atoms with van der Waals surface area (Å²) in [4.78, 5) is 16.9. The molecule has 5 nitrogen and oxygen atoms in total. The van der Waals surface area contributed by atoms with Crippen molar-refractivity contribution in [3.05, 3.63) is 95.0 Å². The molecule has 4 aromatic rings. The maximum atomic E-state index is 12.2. The molecule has 0 radical (unpaired) electrons. The van der Waals surface area contributed by atoms with Gasteiger partial charge in [-0.2, -0.15) is 5.10 Å². The van der Waals surface area contributed by atoms with E-state index in [0.29, 0.717) is 11.6 Å². The van der Waals surface area contributed by atoms with E-state index in [9.17, 15) is 4.79 Å². The summed E-state index contributed by atoms with van der Waals surface area (Å²) < 4.78 is 2.11. The van der Waals surface area contributed by atoms with Crippen molar-refractivity contribution in [2.75, 3.05) is 5.75 Å². The molecule has 1 N–H and O–H groups in total. The lowest BCUT2D eigenvalue weighted by molar-refractivity contribution is -0.118. The second kappa shape index (κ2) is 9.61. The minimum atomic E-state index is -0.183. The second-order valence-corrected chi connectivity index (χ2v) is 7.97. The van der Waals surface area contributed by atoms with Gasteiger partial charge in [0, 0.05) is 5.02 Å². The summed E-state index contributed by atoms with van der Waals surface area (Å²) in [6.07, 6.45) is 1.62. The molecule has 0 spiro atoms. The van der Waals surface area contributed by atoms with Gasteiger partial charge in [-0.05, 0) is 35.4 Å². The second-order valence-electron chi connectivity index (χ2n) is 6.59. The van der Waals surface area contributed by atoms with Crippen molar-refractivity contribution in [3.8, 4) is 0 Å². The first-order chi connectivity index (χ1) is 14.7. The number of imidazole rings is 1. The first-order valence-electron chi connectivity index (χ1n) is 9.38. The summed E-state index contributed by atoms with van der Waals surface area (Å²) >= 11 is 7.40. The fourth-order valence-corrected chi connectivity index (χ4v) is 3.90. The van der Waals surface area contributed by atoms with Crippen LogP contribution in [0.25, 0.3) is 11.0 Å². The van der Waals surface area contributed by atoms with E-state index in [1.165, 1.54) is 11.8 Å². The lowest BCUT2D eigenvalue weighted by atomic mass is 10.2. The maximum Gasteiger partial charge on any atom is 0.250 e. The van der Waals surface area contributed by atoms with Crippen LogP contribution in [-0.2, 0) is 11.3 Å². The number of hydrazone groups is 1. The summed E-state index contributed by atoms with van der Waals surface area (Å²) in [7, 11) is 0. The van der Waals surface area contributed by atoms with E-state index in [4.69, 9.17) is 16.6 Å². The number of nitrogens with zero attached hydrogens (tertiary/aromatic N) is 3. The minimum absolute atomic E-state index is 0.183. The van der Waals surface area contributed by atoms with Crippen LogP contribution in [0.1, 0.15) is 11.1 Å². The summed E-state index contributed by atoms with van der Waals surface area (Å²) in [5, 5.41) is 5.51. The van der Waals surface area contributed by atoms with Crippen LogP contribution < -0.4 is 5.43 Å². The third-order valence-corrected chi connectivity index (χ3v) is 5.64. The van der Waals surface area contributed by atoms with Gasteiger partial charge in [0.05, 0.1) is 29.5 Å². The van der Waals surface area contributed by atoms with Gasteiger partial charge in [-0.25, -0.2) is 10.4 Å². The van der Waals surface area contributed by atoms with Crippen molar-refractivity contribution >= 4 is 46.5 Å². The number of rotatable bonds is 7. The number of fused-ring (bicyclic) bond motifs is 1. The fourth-order valence-electron chi connectivity index (χ4n) is 2.97. The molecule has 30 heavy (non-hydrogen) atoms. The maximum absolute atomic E-state index is 12.2. The molecule has 0 bridgehead atoms. The number of halogens is 1. The molecular formula is C23H19ClN4OS. The van der Waals surface area contributed by atoms with Crippen molar-refractivity contribution in [2.24, 2.45) is 5.10 Å². The predicted molar refractivity (Wildman–Crippen MR) is 123 cm³/mol. The van der Waals surface area contributed by atoms with E-state index in [1.54, 1.807) is 6.21 Å². The van der Waals surface area contributed by atoms with Gasteiger partial charge in [0.1, 0.15) is 0 Å². The standard InChI is InChI=1S/C23H19ClN4OS/c24-19-12-10-18(11-13-19)15-28-21-9-5-4-8-20(21)26-23(28)30-16-22(29)27-25-14-17-6-2-1-3-7-17/h1-14H,15-16H2,(H,27,29)/b25-14-. The Kier molecular flexibility index (Phi) is 6.47. The smallest absolute Gasteiger partial charge is 0.250 e. The topological polar surface area (TPSA) is 59.3 Å². The van der Waals surface area contributed by atoms with Crippen molar-refractivity contribution in [1.29, 1.82) is 0 Å². The molecule has 150 valence electrons. The zero-order valence-corrected chi connectivity index (χ0v) is 17.6. The zero-order chi connectivity index (χ0) is 20.8. The number of nitrogens with one attached hydrogen (secondary N) is 1. The van der Waals surface area contributed by atoms with E-state index >= 15 is 0 Å². The highest BCUT2D eigenvalue weighted by atomic mass is 35.5. The molecule has 4 rings (SSSR count). The Hall–Kier alpha value is -3.09. The Bertz CT molecular complexity index is 1170. The van der Waals surface area contributed by atoms with Gasteiger partial charge in [-0.1, -0.05) is 78.0 Å². The normalized spacial score (nSPS) is 11.2. The monoisotopic (exact) mass is 434 g/mol. The van der Waals surface area contributed by atoms with E-state index in [1.807, 2.05) is 78.9 Å². The highest BCUT2D eigenvalue weighted by Crippen LogP contribution is 2.25. The highest BCUT2D eigenvalue weighted by molar-refractivity contribution is 7.99. The number of aromatic nitrogens is 2. The number of benzene rings is 3. The molecule has 0 saturated heterocycles. The van der Waals surface area contributed by atoms with Crippen LogP contribution in [0.2, 0.25) is 5.02 Å². The number of hydrogen-bond acceptors (Lipinski definition) is 4. The number of carbonyl (C=O) groups is 1. The lowest BCUT2D eigenvalue weighted by Gasteiger charge is -2.09. The van der Waals surface area contributed by atoms with E-state index < -0.39 is 0 Å². The van der Waals surface area contributed by atoms with Crippen LogP contribution in [0.5, 0.6) is 0 Å². The van der Waals surface area contributed by atoms with Crippen molar-refractivity contribution < 1.29 is 4.79 Å². The summed E-state index contributed by atoms with van der Waals surface area (Å²) in [5.41, 5.74) is 6.53. The van der Waals surface area contributed by atoms with Gasteiger partial charge >= 0.3 is 0 Å². The molecule has 0 saturated carbocycles. The number of para-hydroxylation sites is 2. The minimum Gasteiger partial charge on any atom is -0.314 e. The third-order valence-electron chi connectivity index (χ3n) is 4.41. The summed E-state index contributed by atoms with van der Waals surface area (Å²) in [6, 6.07) is 25.3. The van der Waals surface area contributed by atoms with Gasteiger partial charge < -0.3 is 4.57 Å². The zero-order valence-electron chi connectivity index (χ0n) is 16.0. The first-order valence-corrected chi connectivity index (χ1v) is 10.7. The van der Waals surface area contributed by atoms with Crippen LogP contribution >= 0.6 is 23.4 Å². The molecule has 1 heterocycles. The highest BCUT2D eigenvalue weighted by Gasteiger charge is 2.13. The largest absolute Gasteiger partial charge is 0.314 e. The van der Waals surface area contributed by atoms with E-state index in [2.05, 4.69) is 15.1 Å². The number of amides is 1. The molecule has 0 unspecified atom stereocenters. The van der Waals surface area contributed by atoms with Gasteiger partial charge in [-0.3, -0.25) is 4.79 Å². The van der Waals surface area contributed by atoms with Crippen LogP contribution in [0, 0.1) is 0 Å².